The van der Waals surface area contributed by atoms with Gasteiger partial charge in [0.1, 0.15) is 12.4 Å². The van der Waals surface area contributed by atoms with Gasteiger partial charge in [-0.2, -0.15) is 0 Å². The molecule has 0 saturated carbocycles. The first kappa shape index (κ1) is 18.1. The van der Waals surface area contributed by atoms with E-state index in [1.165, 1.54) is 16.0 Å². The first-order chi connectivity index (χ1) is 14.1. The number of carboxylic acids is 1. The van der Waals surface area contributed by atoms with E-state index in [9.17, 15) is 4.79 Å². The van der Waals surface area contributed by atoms with Crippen molar-refractivity contribution in [3.63, 3.8) is 0 Å². The molecule has 2 atom stereocenters. The van der Waals surface area contributed by atoms with Crippen LogP contribution in [0.3, 0.4) is 0 Å². The Hall–Kier alpha value is -2.99. The van der Waals surface area contributed by atoms with Crippen LogP contribution in [0.15, 0.2) is 47.8 Å². The minimum Gasteiger partial charge on any atom is -0.492 e. The van der Waals surface area contributed by atoms with Crippen LogP contribution in [-0.4, -0.2) is 24.3 Å². The Morgan fingerprint density at radius 1 is 1.10 bits per heavy atom. The molecule has 148 valence electrons. The molecule has 3 aromatic rings. The van der Waals surface area contributed by atoms with Crippen LogP contribution in [0.1, 0.15) is 35.1 Å². The average Bonchev–Trinajstić information content (AvgIpc) is 3.31. The Balaban J connectivity index is 1.41. The highest BCUT2D eigenvalue weighted by Crippen LogP contribution is 2.46. The number of aliphatic carboxylic acids is 1. The maximum Gasteiger partial charge on any atom is 0.304 e. The van der Waals surface area contributed by atoms with Crippen molar-refractivity contribution >= 4 is 17.3 Å². The minimum atomic E-state index is -0.831. The van der Waals surface area contributed by atoms with Crippen LogP contribution >= 0.6 is 11.3 Å². The molecule has 1 N–H and O–H groups in total. The summed E-state index contributed by atoms with van der Waals surface area (Å²) in [5.74, 6) is 0.976. The van der Waals surface area contributed by atoms with E-state index in [0.29, 0.717) is 30.5 Å². The number of ether oxygens (including phenoxy) is 3. The predicted octanol–water partition coefficient (Wildman–Crippen LogP) is 5.19. The fraction of sp³-hybridized carbons (Fsp3) is 0.261. The molecule has 0 fully saturated rings. The quantitative estimate of drug-likeness (QED) is 0.644. The molecule has 5 nitrogen and oxygen atoms in total. The molecule has 29 heavy (non-hydrogen) atoms. The van der Waals surface area contributed by atoms with E-state index in [1.54, 1.807) is 11.3 Å². The van der Waals surface area contributed by atoms with Crippen LogP contribution in [0.25, 0.3) is 10.4 Å². The number of carbonyl (C=O) groups is 1. The second-order valence-electron chi connectivity index (χ2n) is 7.42. The van der Waals surface area contributed by atoms with Crippen LogP contribution in [0.2, 0.25) is 0 Å². The van der Waals surface area contributed by atoms with Crippen molar-refractivity contribution in [3.05, 3.63) is 64.5 Å². The molecule has 0 saturated heterocycles. The molecule has 0 spiro atoms. The number of carboxylic acid groups (broad SMARTS) is 1. The van der Waals surface area contributed by atoms with Crippen molar-refractivity contribution in [2.24, 2.45) is 0 Å². The summed E-state index contributed by atoms with van der Waals surface area (Å²) in [6, 6.07) is 14.2. The number of rotatable bonds is 4. The molecule has 3 heterocycles. The van der Waals surface area contributed by atoms with E-state index in [2.05, 4.69) is 36.6 Å². The predicted molar refractivity (Wildman–Crippen MR) is 110 cm³/mol. The molecule has 0 radical (unpaired) electrons. The summed E-state index contributed by atoms with van der Waals surface area (Å²) in [5, 5.41) is 11.2. The molecule has 0 amide bonds. The summed E-state index contributed by atoms with van der Waals surface area (Å²) in [4.78, 5) is 12.3. The summed E-state index contributed by atoms with van der Waals surface area (Å²) >= 11 is 1.73. The summed E-state index contributed by atoms with van der Waals surface area (Å²) in [6.45, 7) is 2.90. The average molecular weight is 408 g/mol. The number of hydrogen-bond donors (Lipinski definition) is 1. The van der Waals surface area contributed by atoms with Gasteiger partial charge >= 0.3 is 5.97 Å². The molecule has 6 heteroatoms. The van der Waals surface area contributed by atoms with Crippen molar-refractivity contribution in [1.29, 1.82) is 0 Å². The summed E-state index contributed by atoms with van der Waals surface area (Å²) in [5.41, 5.74) is 4.38. The van der Waals surface area contributed by atoms with Gasteiger partial charge in [-0.05, 0) is 47.2 Å². The molecule has 0 bridgehead atoms. The highest BCUT2D eigenvalue weighted by Gasteiger charge is 2.31. The zero-order chi connectivity index (χ0) is 20.0. The topological polar surface area (TPSA) is 65.0 Å². The third-order valence-corrected chi connectivity index (χ3v) is 6.48. The summed E-state index contributed by atoms with van der Waals surface area (Å²) in [6.07, 6.45) is -0.165. The Kier molecular flexibility index (Phi) is 4.43. The van der Waals surface area contributed by atoms with Gasteiger partial charge in [0.25, 0.3) is 0 Å². The van der Waals surface area contributed by atoms with Crippen LogP contribution in [0.5, 0.6) is 17.2 Å². The Morgan fingerprint density at radius 3 is 2.76 bits per heavy atom. The van der Waals surface area contributed by atoms with E-state index >= 15 is 0 Å². The normalized spacial score (nSPS) is 19.5. The molecule has 2 aromatic carbocycles. The third-order valence-electron chi connectivity index (χ3n) is 5.42. The van der Waals surface area contributed by atoms with Crippen LogP contribution in [0.4, 0.5) is 0 Å². The molecule has 2 aliphatic heterocycles. The molecular formula is C23H20O5S. The van der Waals surface area contributed by atoms with Gasteiger partial charge in [0, 0.05) is 22.4 Å². The van der Waals surface area contributed by atoms with Gasteiger partial charge in [0.05, 0.1) is 13.0 Å². The molecule has 0 aliphatic carbocycles. The van der Waals surface area contributed by atoms with Crippen molar-refractivity contribution in [1.82, 2.24) is 0 Å². The Bertz CT molecular complexity index is 1090. The van der Waals surface area contributed by atoms with E-state index in [1.807, 2.05) is 18.2 Å². The molecular weight excluding hydrogens is 388 g/mol. The number of fused-ring (bicyclic) bond motifs is 2. The fourth-order valence-electron chi connectivity index (χ4n) is 3.93. The van der Waals surface area contributed by atoms with Crippen molar-refractivity contribution in [2.75, 3.05) is 13.2 Å². The lowest BCUT2D eigenvalue weighted by Gasteiger charge is -2.27. The van der Waals surface area contributed by atoms with Gasteiger partial charge < -0.3 is 19.3 Å². The lowest BCUT2D eigenvalue weighted by Crippen LogP contribution is -2.21. The molecule has 1 aromatic heterocycles. The van der Waals surface area contributed by atoms with E-state index in [4.69, 9.17) is 19.3 Å². The maximum atomic E-state index is 11.1. The first-order valence-corrected chi connectivity index (χ1v) is 10.4. The highest BCUT2D eigenvalue weighted by atomic mass is 32.1. The third kappa shape index (κ3) is 3.34. The van der Waals surface area contributed by atoms with E-state index in [0.717, 1.165) is 11.1 Å². The SMILES string of the molecule is Cc1ccsc1-c1cccc(C2COc3cc4c(cc3O2)OC[C@H]4CC(=O)O)c1. The van der Waals surface area contributed by atoms with Gasteiger partial charge in [-0.15, -0.1) is 11.3 Å². The summed E-state index contributed by atoms with van der Waals surface area (Å²) < 4.78 is 17.9. The first-order valence-electron chi connectivity index (χ1n) is 9.55. The lowest BCUT2D eigenvalue weighted by atomic mass is 9.97. The van der Waals surface area contributed by atoms with Gasteiger partial charge in [-0.1, -0.05) is 18.2 Å². The fourth-order valence-corrected chi connectivity index (χ4v) is 4.86. The van der Waals surface area contributed by atoms with E-state index in [-0.39, 0.29) is 18.4 Å². The van der Waals surface area contributed by atoms with Crippen molar-refractivity contribution in [2.45, 2.75) is 25.4 Å². The number of thiophene rings is 1. The Labute approximate surface area is 172 Å². The van der Waals surface area contributed by atoms with Crippen LogP contribution < -0.4 is 14.2 Å². The number of hydrogen-bond acceptors (Lipinski definition) is 5. The smallest absolute Gasteiger partial charge is 0.304 e. The van der Waals surface area contributed by atoms with Crippen LogP contribution in [-0.2, 0) is 4.79 Å². The molecule has 5 rings (SSSR count). The van der Waals surface area contributed by atoms with Gasteiger partial charge in [0.15, 0.2) is 17.6 Å². The second kappa shape index (κ2) is 7.12. The number of aryl methyl sites for hydroxylation is 1. The van der Waals surface area contributed by atoms with E-state index < -0.39 is 5.97 Å². The maximum absolute atomic E-state index is 11.1. The van der Waals surface area contributed by atoms with Crippen molar-refractivity contribution in [3.8, 4) is 27.7 Å². The van der Waals surface area contributed by atoms with Crippen molar-refractivity contribution < 1.29 is 24.1 Å². The zero-order valence-electron chi connectivity index (χ0n) is 15.9. The molecule has 1 unspecified atom stereocenters. The van der Waals surface area contributed by atoms with Gasteiger partial charge in [-0.3, -0.25) is 4.79 Å². The largest absolute Gasteiger partial charge is 0.492 e. The lowest BCUT2D eigenvalue weighted by molar-refractivity contribution is -0.137. The van der Waals surface area contributed by atoms with Crippen LogP contribution in [0, 0.1) is 6.92 Å². The minimum absolute atomic E-state index is 0.0458. The highest BCUT2D eigenvalue weighted by molar-refractivity contribution is 7.13. The zero-order valence-corrected chi connectivity index (χ0v) is 16.7. The Morgan fingerprint density at radius 2 is 1.97 bits per heavy atom. The van der Waals surface area contributed by atoms with Gasteiger partial charge in [-0.25, -0.2) is 0 Å². The summed E-state index contributed by atoms with van der Waals surface area (Å²) in [7, 11) is 0. The van der Waals surface area contributed by atoms with Gasteiger partial charge in [0.2, 0.25) is 0 Å². The molecule has 2 aliphatic rings. The second-order valence-corrected chi connectivity index (χ2v) is 8.33. The standard InChI is InChI=1S/C23H20O5S/c1-13-5-6-29-23(13)15-4-2-3-14(7-15)21-12-27-19-9-17-16(8-22(24)25)11-26-18(17)10-20(19)28-21/h2-7,9-10,16,21H,8,11-12H2,1H3,(H,24,25)/t16-,21?/m1/s1. The number of benzene rings is 2. The monoisotopic (exact) mass is 408 g/mol.